The molecule has 0 amide bonds. The molecule has 0 saturated carbocycles. The molecule has 0 atom stereocenters. The van der Waals surface area contributed by atoms with E-state index in [1.165, 1.54) is 14.2 Å². The molecule has 5 heteroatoms. The van der Waals surface area contributed by atoms with Crippen LogP contribution in [0.3, 0.4) is 0 Å². The Bertz CT molecular complexity index is 130. The van der Waals surface area contributed by atoms with Crippen molar-refractivity contribution in [1.82, 2.24) is 0 Å². The molecule has 4 nitrogen and oxygen atoms in total. The standard InChI is InChI=1S/C6H10O4S/c1-9-5(7)3-4-11-6(8)10-2/h3-4H2,1-2H3. The number of rotatable bonds is 3. The van der Waals surface area contributed by atoms with Crippen LogP contribution in [0.25, 0.3) is 0 Å². The first-order valence-electron chi connectivity index (χ1n) is 2.98. The number of methoxy groups -OCH3 is 2. The van der Waals surface area contributed by atoms with Gasteiger partial charge in [-0.25, -0.2) is 4.79 Å². The number of esters is 1. The molecular weight excluding hydrogens is 168 g/mol. The molecule has 0 heterocycles. The van der Waals surface area contributed by atoms with Crippen molar-refractivity contribution in [3.63, 3.8) is 0 Å². The van der Waals surface area contributed by atoms with Gasteiger partial charge in [-0.3, -0.25) is 4.79 Å². The third-order valence-corrected chi connectivity index (χ3v) is 1.73. The van der Waals surface area contributed by atoms with Gasteiger partial charge >= 0.3 is 11.3 Å². The maximum absolute atomic E-state index is 10.5. The first kappa shape index (κ1) is 10.3. The molecule has 0 rings (SSSR count). The Kier molecular flexibility index (Phi) is 5.64. The second-order valence-corrected chi connectivity index (χ2v) is 2.66. The van der Waals surface area contributed by atoms with E-state index < -0.39 is 0 Å². The lowest BCUT2D eigenvalue weighted by molar-refractivity contribution is -0.140. The van der Waals surface area contributed by atoms with Gasteiger partial charge in [0, 0.05) is 5.75 Å². The summed E-state index contributed by atoms with van der Waals surface area (Å²) in [5, 5.41) is -0.381. The van der Waals surface area contributed by atoms with E-state index in [-0.39, 0.29) is 17.7 Å². The highest BCUT2D eigenvalue weighted by molar-refractivity contribution is 8.13. The highest BCUT2D eigenvalue weighted by Gasteiger charge is 2.04. The van der Waals surface area contributed by atoms with Crippen molar-refractivity contribution in [2.45, 2.75) is 6.42 Å². The average molecular weight is 178 g/mol. The lowest BCUT2D eigenvalue weighted by Gasteiger charge is -1.97. The quantitative estimate of drug-likeness (QED) is 0.604. The van der Waals surface area contributed by atoms with E-state index in [4.69, 9.17) is 0 Å². The van der Waals surface area contributed by atoms with Crippen molar-refractivity contribution in [2.75, 3.05) is 20.0 Å². The first-order chi connectivity index (χ1) is 5.20. The molecular formula is C6H10O4S. The van der Waals surface area contributed by atoms with Crippen LogP contribution < -0.4 is 0 Å². The van der Waals surface area contributed by atoms with Crippen LogP contribution in [0.2, 0.25) is 0 Å². The minimum atomic E-state index is -0.381. The molecule has 0 aliphatic carbocycles. The lowest BCUT2D eigenvalue weighted by atomic mass is 10.5. The van der Waals surface area contributed by atoms with Crippen molar-refractivity contribution in [2.24, 2.45) is 0 Å². The summed E-state index contributed by atoms with van der Waals surface area (Å²) in [6, 6.07) is 0. The van der Waals surface area contributed by atoms with E-state index in [9.17, 15) is 9.59 Å². The second kappa shape index (κ2) is 6.03. The van der Waals surface area contributed by atoms with Crippen LogP contribution in [0, 0.1) is 0 Å². The normalized spacial score (nSPS) is 8.91. The lowest BCUT2D eigenvalue weighted by Crippen LogP contribution is -2.02. The van der Waals surface area contributed by atoms with Crippen LogP contribution in [0.4, 0.5) is 4.79 Å². The fourth-order valence-corrected chi connectivity index (χ4v) is 0.932. The van der Waals surface area contributed by atoms with Crippen LogP contribution in [-0.2, 0) is 14.3 Å². The molecule has 0 unspecified atom stereocenters. The maximum Gasteiger partial charge on any atom is 0.367 e. The predicted octanol–water partition coefficient (Wildman–Crippen LogP) is 1.05. The SMILES string of the molecule is COC(=O)CCSC(=O)OC. The van der Waals surface area contributed by atoms with Crippen molar-refractivity contribution in [1.29, 1.82) is 0 Å². The van der Waals surface area contributed by atoms with E-state index in [0.29, 0.717) is 5.75 Å². The van der Waals surface area contributed by atoms with Gasteiger partial charge in [0.15, 0.2) is 0 Å². The summed E-state index contributed by atoms with van der Waals surface area (Å²) in [4.78, 5) is 21.0. The van der Waals surface area contributed by atoms with Crippen LogP contribution in [0.5, 0.6) is 0 Å². The highest BCUT2D eigenvalue weighted by Crippen LogP contribution is 2.05. The third kappa shape index (κ3) is 5.72. The Labute approximate surface area is 69.2 Å². The summed E-state index contributed by atoms with van der Waals surface area (Å²) in [6.07, 6.45) is 0.232. The molecule has 64 valence electrons. The molecule has 0 spiro atoms. The van der Waals surface area contributed by atoms with Gasteiger partial charge in [0.05, 0.1) is 20.6 Å². The van der Waals surface area contributed by atoms with Gasteiger partial charge in [-0.1, -0.05) is 0 Å². The van der Waals surface area contributed by atoms with Crippen molar-refractivity contribution < 1.29 is 19.1 Å². The average Bonchev–Trinajstić information content (AvgIpc) is 2.04. The Balaban J connectivity index is 3.27. The molecule has 0 radical (unpaired) electrons. The van der Waals surface area contributed by atoms with Gasteiger partial charge < -0.3 is 9.47 Å². The van der Waals surface area contributed by atoms with Gasteiger partial charge in [0.25, 0.3) is 0 Å². The first-order valence-corrected chi connectivity index (χ1v) is 3.96. The van der Waals surface area contributed by atoms with Crippen LogP contribution in [-0.4, -0.2) is 31.2 Å². The molecule has 0 fully saturated rings. The Morgan fingerprint density at radius 2 is 1.91 bits per heavy atom. The van der Waals surface area contributed by atoms with Gasteiger partial charge in [-0.15, -0.1) is 0 Å². The van der Waals surface area contributed by atoms with Crippen LogP contribution in [0.15, 0.2) is 0 Å². The van der Waals surface area contributed by atoms with E-state index in [0.717, 1.165) is 11.8 Å². The van der Waals surface area contributed by atoms with E-state index in [1.54, 1.807) is 0 Å². The molecule has 0 aromatic carbocycles. The molecule has 0 aliphatic heterocycles. The predicted molar refractivity (Wildman–Crippen MR) is 41.5 cm³/mol. The topological polar surface area (TPSA) is 52.6 Å². The molecule has 0 aromatic heterocycles. The summed E-state index contributed by atoms with van der Waals surface area (Å²) in [5.41, 5.74) is 0. The Morgan fingerprint density at radius 3 is 2.36 bits per heavy atom. The zero-order valence-electron chi connectivity index (χ0n) is 6.46. The third-order valence-electron chi connectivity index (χ3n) is 0.920. The minimum absolute atomic E-state index is 0.232. The number of hydrogen-bond donors (Lipinski definition) is 0. The molecule has 11 heavy (non-hydrogen) atoms. The zero-order valence-corrected chi connectivity index (χ0v) is 7.27. The number of carbonyl (C=O) groups excluding carboxylic acids is 2. The number of carbonyl (C=O) groups is 2. The Hall–Kier alpha value is -0.710. The highest BCUT2D eigenvalue weighted by atomic mass is 32.2. The summed E-state index contributed by atoms with van der Waals surface area (Å²) < 4.78 is 8.70. The molecule has 0 saturated heterocycles. The van der Waals surface area contributed by atoms with Crippen LogP contribution >= 0.6 is 11.8 Å². The summed E-state index contributed by atoms with van der Waals surface area (Å²) in [7, 11) is 2.61. The van der Waals surface area contributed by atoms with Crippen molar-refractivity contribution in [3.8, 4) is 0 Å². The summed E-state index contributed by atoms with van der Waals surface area (Å²) in [6.45, 7) is 0. The van der Waals surface area contributed by atoms with Gasteiger partial charge in [-0.05, 0) is 11.8 Å². The molecule has 0 N–H and O–H groups in total. The van der Waals surface area contributed by atoms with Crippen molar-refractivity contribution in [3.05, 3.63) is 0 Å². The van der Waals surface area contributed by atoms with Crippen molar-refractivity contribution >= 4 is 23.0 Å². The summed E-state index contributed by atoms with van der Waals surface area (Å²) in [5.74, 6) is 0.0840. The summed E-state index contributed by atoms with van der Waals surface area (Å²) >= 11 is 0.958. The van der Waals surface area contributed by atoms with E-state index >= 15 is 0 Å². The zero-order chi connectivity index (χ0) is 8.69. The van der Waals surface area contributed by atoms with E-state index in [1.807, 2.05) is 0 Å². The fraction of sp³-hybridized carbons (Fsp3) is 0.667. The van der Waals surface area contributed by atoms with E-state index in [2.05, 4.69) is 9.47 Å². The van der Waals surface area contributed by atoms with Crippen LogP contribution in [0.1, 0.15) is 6.42 Å². The minimum Gasteiger partial charge on any atom is -0.469 e. The molecule has 0 aromatic rings. The van der Waals surface area contributed by atoms with Gasteiger partial charge in [0.2, 0.25) is 0 Å². The maximum atomic E-state index is 10.5. The molecule has 0 aliphatic rings. The number of ether oxygens (including phenoxy) is 2. The number of thioether (sulfide) groups is 1. The smallest absolute Gasteiger partial charge is 0.367 e. The monoisotopic (exact) mass is 178 g/mol. The Morgan fingerprint density at radius 1 is 1.27 bits per heavy atom. The van der Waals surface area contributed by atoms with Gasteiger partial charge in [0.1, 0.15) is 0 Å². The second-order valence-electron chi connectivity index (χ2n) is 1.63. The van der Waals surface area contributed by atoms with Gasteiger partial charge in [-0.2, -0.15) is 0 Å². The fourth-order valence-electron chi connectivity index (χ4n) is 0.379. The number of hydrogen-bond acceptors (Lipinski definition) is 5. The molecule has 0 bridgehead atoms. The largest absolute Gasteiger partial charge is 0.469 e.